The lowest BCUT2D eigenvalue weighted by atomic mass is 10.1. The van der Waals surface area contributed by atoms with Crippen molar-refractivity contribution in [1.29, 1.82) is 0 Å². The van der Waals surface area contributed by atoms with Crippen LogP contribution >= 0.6 is 0 Å². The molecule has 0 radical (unpaired) electrons. The third-order valence-corrected chi connectivity index (χ3v) is 5.14. The van der Waals surface area contributed by atoms with E-state index in [1.54, 1.807) is 26.0 Å². The van der Waals surface area contributed by atoms with E-state index >= 15 is 0 Å². The van der Waals surface area contributed by atoms with Crippen LogP contribution in [-0.4, -0.2) is 50.5 Å². The third-order valence-electron chi connectivity index (χ3n) is 3.81. The van der Waals surface area contributed by atoms with Crippen molar-refractivity contribution in [3.05, 3.63) is 29.8 Å². The van der Waals surface area contributed by atoms with Gasteiger partial charge in [-0.15, -0.1) is 0 Å². The Bertz CT molecular complexity index is 668. The summed E-state index contributed by atoms with van der Waals surface area (Å²) in [4.78, 5) is 0.0430. The van der Waals surface area contributed by atoms with Crippen molar-refractivity contribution in [3.8, 4) is 0 Å². The van der Waals surface area contributed by atoms with Gasteiger partial charge in [-0.25, -0.2) is 0 Å². The van der Waals surface area contributed by atoms with Gasteiger partial charge in [-0.3, -0.25) is 4.18 Å². The number of hydrogen-bond donors (Lipinski definition) is 1. The normalized spacial score (nSPS) is 32.9. The fourth-order valence-electron chi connectivity index (χ4n) is 2.72. The maximum Gasteiger partial charge on any atom is 0.297 e. The van der Waals surface area contributed by atoms with E-state index in [-0.39, 0.29) is 4.90 Å². The standard InChI is InChI=1S/C15H20O7S/c1-9-4-6-10(7-5-9)23(17,18)22-12-11(8-16)19-14-13(12)20-15(2,3)21-14/h4-7,11-14,16H,8H2,1-3H3/t11-,12-,13-,14-/m1/s1. The Balaban J connectivity index is 1.83. The fraction of sp³-hybridized carbons (Fsp3) is 0.600. The van der Waals surface area contributed by atoms with Crippen molar-refractivity contribution in [2.75, 3.05) is 6.61 Å². The highest BCUT2D eigenvalue weighted by Gasteiger charge is 2.56. The first-order valence-electron chi connectivity index (χ1n) is 7.34. The molecule has 2 heterocycles. The molecule has 2 fully saturated rings. The number of fused-ring (bicyclic) bond motifs is 1. The minimum Gasteiger partial charge on any atom is -0.394 e. The van der Waals surface area contributed by atoms with Gasteiger partial charge < -0.3 is 19.3 Å². The average Bonchev–Trinajstić information content (AvgIpc) is 2.92. The zero-order valence-corrected chi connectivity index (χ0v) is 13.9. The Morgan fingerprint density at radius 3 is 2.48 bits per heavy atom. The first-order valence-corrected chi connectivity index (χ1v) is 8.74. The fourth-order valence-corrected chi connectivity index (χ4v) is 3.82. The lowest BCUT2D eigenvalue weighted by molar-refractivity contribution is -0.216. The van der Waals surface area contributed by atoms with Crippen molar-refractivity contribution in [3.63, 3.8) is 0 Å². The van der Waals surface area contributed by atoms with Crippen molar-refractivity contribution < 1.29 is 31.9 Å². The van der Waals surface area contributed by atoms with Gasteiger partial charge in [0.2, 0.25) is 0 Å². The summed E-state index contributed by atoms with van der Waals surface area (Å²) < 4.78 is 46.9. The molecule has 2 aliphatic heterocycles. The smallest absolute Gasteiger partial charge is 0.297 e. The van der Waals surface area contributed by atoms with Crippen LogP contribution in [0.1, 0.15) is 19.4 Å². The molecule has 3 rings (SSSR count). The number of aliphatic hydroxyl groups is 1. The van der Waals surface area contributed by atoms with Gasteiger partial charge in [-0.1, -0.05) is 17.7 Å². The average molecular weight is 344 g/mol. The highest BCUT2D eigenvalue weighted by molar-refractivity contribution is 7.86. The Labute approximate surface area is 135 Å². The summed E-state index contributed by atoms with van der Waals surface area (Å²) in [6, 6.07) is 6.32. The van der Waals surface area contributed by atoms with Gasteiger partial charge in [0, 0.05) is 0 Å². The topological polar surface area (TPSA) is 91.3 Å². The Kier molecular flexibility index (Phi) is 4.24. The zero-order valence-electron chi connectivity index (χ0n) is 13.1. The molecule has 1 aromatic rings. The van der Waals surface area contributed by atoms with Crippen LogP contribution in [0.25, 0.3) is 0 Å². The third kappa shape index (κ3) is 3.28. The molecule has 0 aromatic heterocycles. The van der Waals surface area contributed by atoms with Gasteiger partial charge in [-0.05, 0) is 32.9 Å². The van der Waals surface area contributed by atoms with E-state index in [0.29, 0.717) is 0 Å². The second-order valence-electron chi connectivity index (χ2n) is 6.15. The lowest BCUT2D eigenvalue weighted by Gasteiger charge is -2.24. The first kappa shape index (κ1) is 16.8. The van der Waals surface area contributed by atoms with Crippen LogP contribution in [0.3, 0.4) is 0 Å². The van der Waals surface area contributed by atoms with Crippen LogP contribution in [0.4, 0.5) is 0 Å². The zero-order chi connectivity index (χ0) is 16.8. The van der Waals surface area contributed by atoms with Gasteiger partial charge in [-0.2, -0.15) is 8.42 Å². The summed E-state index contributed by atoms with van der Waals surface area (Å²) >= 11 is 0. The monoisotopic (exact) mass is 344 g/mol. The summed E-state index contributed by atoms with van der Waals surface area (Å²) in [5, 5.41) is 9.41. The molecule has 0 unspecified atom stereocenters. The van der Waals surface area contributed by atoms with E-state index < -0.39 is 47.1 Å². The van der Waals surface area contributed by atoms with Crippen LogP contribution in [0, 0.1) is 6.92 Å². The molecule has 1 aromatic carbocycles. The van der Waals surface area contributed by atoms with Gasteiger partial charge >= 0.3 is 0 Å². The molecule has 7 nitrogen and oxygen atoms in total. The molecule has 8 heteroatoms. The molecule has 1 N–H and O–H groups in total. The molecule has 0 bridgehead atoms. The second kappa shape index (κ2) is 5.80. The quantitative estimate of drug-likeness (QED) is 0.813. The van der Waals surface area contributed by atoms with E-state index in [1.807, 2.05) is 6.92 Å². The van der Waals surface area contributed by atoms with E-state index in [9.17, 15) is 13.5 Å². The van der Waals surface area contributed by atoms with Crippen molar-refractivity contribution in [2.45, 2.75) is 56.1 Å². The predicted molar refractivity (Wildman–Crippen MR) is 79.0 cm³/mol. The highest BCUT2D eigenvalue weighted by Crippen LogP contribution is 2.39. The van der Waals surface area contributed by atoms with Gasteiger partial charge in [0.25, 0.3) is 10.1 Å². The minimum absolute atomic E-state index is 0.0430. The van der Waals surface area contributed by atoms with Crippen molar-refractivity contribution in [1.82, 2.24) is 0 Å². The molecule has 23 heavy (non-hydrogen) atoms. The Morgan fingerprint density at radius 1 is 1.22 bits per heavy atom. The molecule has 128 valence electrons. The molecular weight excluding hydrogens is 324 g/mol. The molecule has 0 aliphatic carbocycles. The van der Waals surface area contributed by atoms with E-state index in [4.69, 9.17) is 18.4 Å². The summed E-state index contributed by atoms with van der Waals surface area (Å²) in [5.74, 6) is -0.898. The second-order valence-corrected chi connectivity index (χ2v) is 7.73. The van der Waals surface area contributed by atoms with E-state index in [2.05, 4.69) is 0 Å². The molecule has 4 atom stereocenters. The number of aliphatic hydroxyl groups excluding tert-OH is 1. The van der Waals surface area contributed by atoms with E-state index in [1.165, 1.54) is 12.1 Å². The maximum atomic E-state index is 12.5. The van der Waals surface area contributed by atoms with Gasteiger partial charge in [0.1, 0.15) is 18.3 Å². The van der Waals surface area contributed by atoms with Crippen LogP contribution in [0.5, 0.6) is 0 Å². The summed E-state index contributed by atoms with van der Waals surface area (Å²) in [5.41, 5.74) is 0.940. The summed E-state index contributed by atoms with van der Waals surface area (Å²) in [6.07, 6.45) is -3.29. The highest BCUT2D eigenvalue weighted by atomic mass is 32.2. The Morgan fingerprint density at radius 2 is 1.87 bits per heavy atom. The van der Waals surface area contributed by atoms with Crippen molar-refractivity contribution in [2.24, 2.45) is 0 Å². The first-order chi connectivity index (χ1) is 10.7. The predicted octanol–water partition coefficient (Wildman–Crippen LogP) is 0.938. The molecular formula is C15H20O7S. The van der Waals surface area contributed by atoms with Gasteiger partial charge in [0.15, 0.2) is 12.1 Å². The number of hydrogen-bond acceptors (Lipinski definition) is 7. The van der Waals surface area contributed by atoms with Crippen LogP contribution < -0.4 is 0 Å². The summed E-state index contributed by atoms with van der Waals surface area (Å²) in [6.45, 7) is 4.87. The molecule has 2 saturated heterocycles. The molecule has 0 saturated carbocycles. The number of rotatable bonds is 4. The number of benzene rings is 1. The number of ether oxygens (including phenoxy) is 3. The number of aryl methyl sites for hydroxylation is 1. The largest absolute Gasteiger partial charge is 0.394 e. The Hall–Kier alpha value is -1.03. The SMILES string of the molecule is Cc1ccc(S(=O)(=O)O[C@H]2[C@H]3OC(C)(C)O[C@H]3O[C@@H]2CO)cc1. The molecule has 2 aliphatic rings. The summed E-state index contributed by atoms with van der Waals surface area (Å²) in [7, 11) is -4.01. The van der Waals surface area contributed by atoms with Crippen LogP contribution in [0.15, 0.2) is 29.2 Å². The lowest BCUT2D eigenvalue weighted by Crippen LogP contribution is -2.39. The van der Waals surface area contributed by atoms with Crippen molar-refractivity contribution >= 4 is 10.1 Å². The molecule has 0 amide bonds. The minimum atomic E-state index is -4.01. The van der Waals surface area contributed by atoms with Crippen LogP contribution in [-0.2, 0) is 28.5 Å². The van der Waals surface area contributed by atoms with Crippen LogP contribution in [0.2, 0.25) is 0 Å². The van der Waals surface area contributed by atoms with Gasteiger partial charge in [0.05, 0.1) is 11.5 Å². The maximum absolute atomic E-state index is 12.5. The molecule has 0 spiro atoms. The van der Waals surface area contributed by atoms with E-state index in [0.717, 1.165) is 5.56 Å².